The van der Waals surface area contributed by atoms with Crippen molar-refractivity contribution in [1.29, 1.82) is 0 Å². The Bertz CT molecular complexity index is 224. The number of carbonyl (C=O) groups is 3. The van der Waals surface area contributed by atoms with E-state index in [9.17, 15) is 19.5 Å². The Morgan fingerprint density at radius 2 is 2.25 bits per heavy atom. The minimum atomic E-state index is -1.26. The van der Waals surface area contributed by atoms with E-state index >= 15 is 0 Å². The first-order valence-electron chi connectivity index (χ1n) is 3.28. The number of thioether (sulfide) groups is 1. The maximum atomic E-state index is 10.9. The highest BCUT2D eigenvalue weighted by Gasteiger charge is 2.28. The van der Waals surface area contributed by atoms with Crippen molar-refractivity contribution < 1.29 is 19.5 Å². The highest BCUT2D eigenvalue weighted by molar-refractivity contribution is 8.14. The van der Waals surface area contributed by atoms with Crippen molar-refractivity contribution >= 4 is 28.9 Å². The average molecular weight is 188 g/mol. The van der Waals surface area contributed by atoms with E-state index in [2.05, 4.69) is 0 Å². The van der Waals surface area contributed by atoms with Crippen LogP contribution in [0.25, 0.3) is 0 Å². The molecule has 0 aliphatic carbocycles. The second-order valence-corrected chi connectivity index (χ2v) is 3.15. The van der Waals surface area contributed by atoms with Crippen molar-refractivity contribution in [1.82, 2.24) is 4.90 Å². The first-order valence-corrected chi connectivity index (χ1v) is 4.27. The van der Waals surface area contributed by atoms with Crippen molar-refractivity contribution in [3.05, 3.63) is 0 Å². The molecule has 0 radical (unpaired) electrons. The molecule has 0 bridgehead atoms. The van der Waals surface area contributed by atoms with Crippen LogP contribution in [-0.4, -0.2) is 34.3 Å². The van der Waals surface area contributed by atoms with E-state index in [1.165, 1.54) is 0 Å². The standard InChI is InChI=1S/C6H7NO4S/c8-4-3-12-6(11)7(4)2-1-5(9)10/h1-3H2,(H,9,10)/p-1. The summed E-state index contributed by atoms with van der Waals surface area (Å²) in [7, 11) is 0. The summed E-state index contributed by atoms with van der Waals surface area (Å²) in [5.41, 5.74) is 0. The molecular formula is C6H6NO4S-. The van der Waals surface area contributed by atoms with Gasteiger partial charge in [0.1, 0.15) is 0 Å². The van der Waals surface area contributed by atoms with Crippen molar-refractivity contribution in [2.45, 2.75) is 6.42 Å². The minimum Gasteiger partial charge on any atom is -0.550 e. The van der Waals surface area contributed by atoms with Gasteiger partial charge in [-0.1, -0.05) is 11.8 Å². The van der Waals surface area contributed by atoms with Gasteiger partial charge < -0.3 is 9.90 Å². The maximum absolute atomic E-state index is 10.9. The molecule has 1 aliphatic heterocycles. The third kappa shape index (κ3) is 1.97. The van der Waals surface area contributed by atoms with Crippen LogP contribution >= 0.6 is 11.8 Å². The molecule has 0 aromatic heterocycles. The molecule has 0 atom stereocenters. The Balaban J connectivity index is 2.45. The lowest BCUT2D eigenvalue weighted by atomic mass is 10.4. The number of hydrogen-bond donors (Lipinski definition) is 0. The zero-order valence-corrected chi connectivity index (χ0v) is 6.93. The molecule has 5 nitrogen and oxygen atoms in total. The van der Waals surface area contributed by atoms with E-state index in [0.29, 0.717) is 0 Å². The fourth-order valence-corrected chi connectivity index (χ4v) is 1.55. The van der Waals surface area contributed by atoms with Gasteiger partial charge in [-0.15, -0.1) is 0 Å². The van der Waals surface area contributed by atoms with Crippen LogP contribution in [0.5, 0.6) is 0 Å². The Kier molecular flexibility index (Phi) is 2.69. The van der Waals surface area contributed by atoms with Gasteiger partial charge in [0.25, 0.3) is 5.24 Å². The molecule has 0 N–H and O–H groups in total. The average Bonchev–Trinajstić information content (AvgIpc) is 2.28. The quantitative estimate of drug-likeness (QED) is 0.557. The Labute approximate surface area is 72.7 Å². The van der Waals surface area contributed by atoms with Gasteiger partial charge in [-0.2, -0.15) is 0 Å². The predicted octanol–water partition coefficient (Wildman–Crippen LogP) is -1.18. The van der Waals surface area contributed by atoms with E-state index in [1.807, 2.05) is 0 Å². The molecule has 1 fully saturated rings. The molecule has 66 valence electrons. The van der Waals surface area contributed by atoms with E-state index in [4.69, 9.17) is 0 Å². The summed E-state index contributed by atoms with van der Waals surface area (Å²) in [6, 6.07) is 0. The van der Waals surface area contributed by atoms with E-state index in [1.54, 1.807) is 0 Å². The van der Waals surface area contributed by atoms with Crippen LogP contribution in [0, 0.1) is 0 Å². The summed E-state index contributed by atoms with van der Waals surface area (Å²) in [4.78, 5) is 32.7. The van der Waals surface area contributed by atoms with Gasteiger partial charge in [0.15, 0.2) is 0 Å². The lowest BCUT2D eigenvalue weighted by Crippen LogP contribution is -2.34. The van der Waals surface area contributed by atoms with Gasteiger partial charge in [0, 0.05) is 18.9 Å². The van der Waals surface area contributed by atoms with Crippen LogP contribution in [-0.2, 0) is 9.59 Å². The third-order valence-electron chi connectivity index (χ3n) is 1.38. The van der Waals surface area contributed by atoms with Crippen LogP contribution in [0.1, 0.15) is 6.42 Å². The van der Waals surface area contributed by atoms with Crippen molar-refractivity contribution in [2.75, 3.05) is 12.3 Å². The smallest absolute Gasteiger partial charge is 0.288 e. The fraction of sp³-hybridized carbons (Fsp3) is 0.500. The number of nitrogens with zero attached hydrogens (tertiary/aromatic N) is 1. The Morgan fingerprint density at radius 3 is 2.67 bits per heavy atom. The van der Waals surface area contributed by atoms with Crippen molar-refractivity contribution in [2.24, 2.45) is 0 Å². The van der Waals surface area contributed by atoms with Crippen molar-refractivity contribution in [3.8, 4) is 0 Å². The first-order chi connectivity index (χ1) is 5.61. The topological polar surface area (TPSA) is 77.5 Å². The van der Waals surface area contributed by atoms with Crippen LogP contribution < -0.4 is 5.11 Å². The highest BCUT2D eigenvalue weighted by atomic mass is 32.2. The summed E-state index contributed by atoms with van der Waals surface area (Å²) in [6.45, 7) is -0.0764. The number of hydrogen-bond acceptors (Lipinski definition) is 5. The van der Waals surface area contributed by atoms with E-state index < -0.39 is 5.97 Å². The summed E-state index contributed by atoms with van der Waals surface area (Å²) in [5, 5.41) is 9.63. The summed E-state index contributed by atoms with van der Waals surface area (Å²) in [5.74, 6) is -1.47. The van der Waals surface area contributed by atoms with Gasteiger partial charge in [-0.3, -0.25) is 14.5 Å². The molecule has 12 heavy (non-hydrogen) atoms. The number of rotatable bonds is 3. The maximum Gasteiger partial charge on any atom is 0.288 e. The molecule has 1 saturated heterocycles. The molecule has 1 rings (SSSR count). The van der Waals surface area contributed by atoms with Crippen molar-refractivity contribution in [3.63, 3.8) is 0 Å². The molecule has 0 aromatic rings. The highest BCUT2D eigenvalue weighted by Crippen LogP contribution is 2.18. The molecule has 2 amide bonds. The molecule has 1 aliphatic rings. The zero-order valence-electron chi connectivity index (χ0n) is 6.11. The molecule has 1 heterocycles. The number of amides is 2. The van der Waals surface area contributed by atoms with Gasteiger partial charge in [0.05, 0.1) is 5.75 Å². The van der Waals surface area contributed by atoms with E-state index in [0.717, 1.165) is 16.7 Å². The fourth-order valence-electron chi connectivity index (χ4n) is 0.800. The SMILES string of the molecule is O=C([O-])CCN1C(=O)CSC1=O. The predicted molar refractivity (Wildman–Crippen MR) is 39.2 cm³/mol. The number of carboxylic acids is 1. The van der Waals surface area contributed by atoms with Crippen LogP contribution in [0.2, 0.25) is 0 Å². The Morgan fingerprint density at radius 1 is 1.58 bits per heavy atom. The summed E-state index contributed by atoms with van der Waals surface area (Å²) < 4.78 is 0. The van der Waals surface area contributed by atoms with Gasteiger partial charge in [0.2, 0.25) is 5.91 Å². The summed E-state index contributed by atoms with van der Waals surface area (Å²) in [6.07, 6.45) is -0.294. The van der Waals surface area contributed by atoms with Crippen LogP contribution in [0.4, 0.5) is 4.79 Å². The normalized spacial score (nSPS) is 17.2. The molecule has 0 unspecified atom stereocenters. The minimum absolute atomic E-state index is 0.0764. The van der Waals surface area contributed by atoms with Gasteiger partial charge in [-0.05, 0) is 0 Å². The van der Waals surface area contributed by atoms with Crippen LogP contribution in [0.15, 0.2) is 0 Å². The van der Waals surface area contributed by atoms with Gasteiger partial charge in [-0.25, -0.2) is 0 Å². The lowest BCUT2D eigenvalue weighted by molar-refractivity contribution is -0.305. The molecule has 6 heteroatoms. The third-order valence-corrected chi connectivity index (χ3v) is 2.24. The second kappa shape index (κ2) is 3.57. The lowest BCUT2D eigenvalue weighted by Gasteiger charge is -2.12. The number of carbonyl (C=O) groups excluding carboxylic acids is 3. The second-order valence-electron chi connectivity index (χ2n) is 2.22. The molecule has 0 spiro atoms. The monoisotopic (exact) mass is 188 g/mol. The van der Waals surface area contributed by atoms with Crippen LogP contribution in [0.3, 0.4) is 0 Å². The largest absolute Gasteiger partial charge is 0.550 e. The summed E-state index contributed by atoms with van der Waals surface area (Å²) >= 11 is 0.889. The van der Waals surface area contributed by atoms with E-state index in [-0.39, 0.29) is 29.9 Å². The van der Waals surface area contributed by atoms with Gasteiger partial charge >= 0.3 is 0 Å². The number of aliphatic carboxylic acids is 1. The first kappa shape index (κ1) is 9.05. The molecular weight excluding hydrogens is 182 g/mol. The molecule has 0 aromatic carbocycles. The number of imide groups is 1. The molecule has 0 saturated carbocycles. The number of carboxylic acid groups (broad SMARTS) is 1. The zero-order chi connectivity index (χ0) is 9.14. The Hall–Kier alpha value is -1.04.